The lowest BCUT2D eigenvalue weighted by Gasteiger charge is -2.34. The fourth-order valence-electron chi connectivity index (χ4n) is 15.3. The summed E-state index contributed by atoms with van der Waals surface area (Å²) in [5, 5.41) is 40.4. The molecule has 5 aliphatic rings. The Morgan fingerprint density at radius 2 is 0.752 bits per heavy atom. The van der Waals surface area contributed by atoms with Crippen molar-refractivity contribution in [1.82, 2.24) is 78.8 Å². The first kappa shape index (κ1) is 84.2. The van der Waals surface area contributed by atoms with Crippen LogP contribution in [-0.2, 0) is 23.9 Å². The molecule has 121 heavy (non-hydrogen) atoms. The average Bonchev–Trinajstić information content (AvgIpc) is 1.67. The molecule has 0 aliphatic carbocycles. The van der Waals surface area contributed by atoms with Crippen molar-refractivity contribution >= 4 is 93.8 Å². The second kappa shape index (κ2) is 38.2. The second-order valence-corrected chi connectivity index (χ2v) is 29.4. The minimum atomic E-state index is -0.468. The Bertz CT molecular complexity index is 5890. The van der Waals surface area contributed by atoms with E-state index in [4.69, 9.17) is 24.8 Å². The van der Waals surface area contributed by atoms with Crippen LogP contribution in [0.25, 0.3) is 46.9 Å². The summed E-state index contributed by atoms with van der Waals surface area (Å²) in [6, 6.07) is 20.2. The van der Waals surface area contributed by atoms with E-state index in [0.717, 1.165) is 74.6 Å². The monoisotopic (exact) mass is 1660 g/mol. The van der Waals surface area contributed by atoms with Gasteiger partial charge in [-0.2, -0.15) is 20.4 Å². The molecule has 0 bridgehead atoms. The number of likely N-dealkylation sites (N-methyl/N-ethyl adjacent to an activating group) is 1. The maximum absolute atomic E-state index is 14.4. The molecule has 5 fully saturated rings. The largest absolute Gasteiger partial charge is 0.395 e. The highest BCUT2D eigenvalue weighted by Crippen LogP contribution is 2.42. The number of halogens is 8. The Labute approximate surface area is 688 Å². The number of aliphatic hydroxyl groups excluding tert-OH is 2. The van der Waals surface area contributed by atoms with E-state index in [2.05, 4.69) is 36.0 Å². The summed E-state index contributed by atoms with van der Waals surface area (Å²) < 4.78 is 124. The van der Waals surface area contributed by atoms with Crippen LogP contribution in [0.1, 0.15) is 120 Å². The smallest absolute Gasteiger partial charge is 0.246 e. The Morgan fingerprint density at radius 1 is 0.446 bits per heavy atom. The predicted molar refractivity (Wildman–Crippen MR) is 437 cm³/mol. The fraction of sp³-hybridized carbons (Fsp3) is 0.302. The summed E-state index contributed by atoms with van der Waals surface area (Å²) >= 11 is 0. The lowest BCUT2D eigenvalue weighted by atomic mass is 10.0. The number of carbonyl (C=O) groups excluding carboxylic acids is 4. The number of amides is 4. The molecule has 628 valence electrons. The summed E-state index contributed by atoms with van der Waals surface area (Å²) in [5.41, 5.74) is 6.30. The highest BCUT2D eigenvalue weighted by molar-refractivity contribution is 5.95. The molecular weight excluding hydrogens is 1580 g/mol. The lowest BCUT2D eigenvalue weighted by Crippen LogP contribution is -2.52. The van der Waals surface area contributed by atoms with Gasteiger partial charge in [-0.1, -0.05) is 0 Å². The number of likely N-dealkylation sites (tertiary alicyclic amines) is 1. The van der Waals surface area contributed by atoms with Gasteiger partial charge < -0.3 is 55.0 Å². The van der Waals surface area contributed by atoms with Gasteiger partial charge in [-0.25, -0.2) is 73.1 Å². The number of aromatic nitrogens is 12. The van der Waals surface area contributed by atoms with E-state index in [0.29, 0.717) is 162 Å². The minimum Gasteiger partial charge on any atom is -0.395 e. The zero-order valence-corrected chi connectivity index (χ0v) is 66.1. The first-order valence-electron chi connectivity index (χ1n) is 39.4. The topological polar surface area (TPSA) is 282 Å². The summed E-state index contributed by atoms with van der Waals surface area (Å²) in [6.45, 7) is 4.31. The van der Waals surface area contributed by atoms with Crippen LogP contribution in [0.4, 0.5) is 58.4 Å². The van der Waals surface area contributed by atoms with Gasteiger partial charge in [0.1, 0.15) is 69.8 Å². The van der Waals surface area contributed by atoms with Crippen LogP contribution in [0.3, 0.4) is 0 Å². The highest BCUT2D eigenvalue weighted by atomic mass is 19.2. The van der Waals surface area contributed by atoms with E-state index in [1.807, 2.05) is 25.7 Å². The average molecular weight is 1660 g/mol. The van der Waals surface area contributed by atoms with Crippen molar-refractivity contribution in [3.63, 3.8) is 0 Å². The van der Waals surface area contributed by atoms with E-state index < -0.39 is 52.6 Å². The van der Waals surface area contributed by atoms with Crippen LogP contribution in [0, 0.1) is 46.5 Å². The third-order valence-corrected chi connectivity index (χ3v) is 21.3. The molecule has 8 aromatic heterocycles. The van der Waals surface area contributed by atoms with E-state index in [1.165, 1.54) is 59.5 Å². The molecule has 13 heterocycles. The van der Waals surface area contributed by atoms with Gasteiger partial charge in [-0.05, 0) is 173 Å². The Balaban J connectivity index is 0.000000132. The third kappa shape index (κ3) is 19.7. The van der Waals surface area contributed by atoms with Gasteiger partial charge in [0.05, 0.1) is 68.3 Å². The minimum absolute atomic E-state index is 0.135. The van der Waals surface area contributed by atoms with Crippen LogP contribution >= 0.6 is 0 Å². The number of anilines is 4. The molecule has 4 N–H and O–H groups in total. The molecule has 3 unspecified atom stereocenters. The number of methoxy groups -OCH3 is 1. The quantitative estimate of drug-likeness (QED) is 0.0295. The molecule has 5 saturated heterocycles. The van der Waals surface area contributed by atoms with Crippen LogP contribution < -0.4 is 30.2 Å². The van der Waals surface area contributed by atoms with Crippen molar-refractivity contribution in [2.45, 2.75) is 81.6 Å². The molecule has 35 heteroatoms. The molecule has 4 atom stereocenters. The van der Waals surface area contributed by atoms with Gasteiger partial charge in [-0.3, -0.25) is 19.2 Å². The molecule has 17 rings (SSSR count). The van der Waals surface area contributed by atoms with Crippen LogP contribution in [0.2, 0.25) is 0 Å². The molecule has 0 spiro atoms. The molecule has 27 nitrogen and oxygen atoms in total. The van der Waals surface area contributed by atoms with Gasteiger partial charge in [-0.15, -0.1) is 0 Å². The van der Waals surface area contributed by atoms with Crippen molar-refractivity contribution in [2.75, 3.05) is 106 Å². The van der Waals surface area contributed by atoms with Gasteiger partial charge in [0.2, 0.25) is 23.6 Å². The third-order valence-electron chi connectivity index (χ3n) is 21.3. The van der Waals surface area contributed by atoms with Crippen molar-refractivity contribution in [3.8, 4) is 0 Å². The first-order chi connectivity index (χ1) is 58.6. The standard InChI is InChI=1S/C22H21F2N5O2.C22H23F2N5O2.C21H21F2N5O2.C21H21F2N5O/c23-15-4-5-18(24)17(10-15)19-2-1-8-28(19)20-7-9-29-22(26-20)14(11-25-29)3-6-21(31)27-12-16(30)13-27;1-31-12-9-25-21(30)7-4-15-14-26-29-11-8-20(27-22(15)29)28-10-2-3-19(28)17-13-16(23)5-6-18(17)24;22-15-4-5-17(23)16(12-15)18-2-1-9-27(18)19-7-10-28-21(26-19)14(13-25-28)3-6-20(30)24-8-11-29;1-26(2)20(29)8-5-14-13-24-28-11-9-19(25-21(14)28)27-10-3-4-18(27)16-12-15(22)6-7-17(16)23/h3-7,9-11,16,19,30H,1-2,8,12-13H2;4-8,11,13-14,19H,2-3,9-10,12H2,1H3,(H,25,30);3-7,10,12-13,18,29H,1-2,8-9,11H2,(H,24,30);5-9,11-13,18H,3-4,10H2,1-2H3/b6-3+;7-4+;6-3+;8-5+/t;;18-;/m..1./s1. The summed E-state index contributed by atoms with van der Waals surface area (Å²) in [6.07, 6.45) is 31.5. The molecule has 0 saturated carbocycles. The number of β-amino-alcohol motifs (C(OH)–C–C–N with tert-alkyl or cyclic N) is 1. The number of aliphatic hydroxyl groups is 2. The van der Waals surface area contributed by atoms with Gasteiger partial charge in [0.15, 0.2) is 22.6 Å². The maximum atomic E-state index is 14.4. The number of hydrogen-bond acceptors (Lipinski definition) is 19. The van der Waals surface area contributed by atoms with Gasteiger partial charge in [0.25, 0.3) is 0 Å². The molecule has 4 amide bonds. The Morgan fingerprint density at radius 3 is 1.05 bits per heavy atom. The summed E-state index contributed by atoms with van der Waals surface area (Å²) in [5.74, 6) is -1.85. The van der Waals surface area contributed by atoms with E-state index in [9.17, 15) is 59.4 Å². The molecule has 12 aromatic rings. The second-order valence-electron chi connectivity index (χ2n) is 29.4. The number of nitrogens with one attached hydrogen (secondary N) is 2. The van der Waals surface area contributed by atoms with Crippen molar-refractivity contribution in [3.05, 3.63) is 262 Å². The van der Waals surface area contributed by atoms with Crippen LogP contribution in [0.5, 0.6) is 0 Å². The highest BCUT2D eigenvalue weighted by Gasteiger charge is 2.35. The number of rotatable bonds is 21. The number of nitrogens with zero attached hydrogens (tertiary/aromatic N) is 18. The van der Waals surface area contributed by atoms with E-state index in [1.54, 1.807) is 136 Å². The zero-order chi connectivity index (χ0) is 85.0. The van der Waals surface area contributed by atoms with Gasteiger partial charge >= 0.3 is 0 Å². The summed E-state index contributed by atoms with van der Waals surface area (Å²) in [7, 11) is 4.92. The first-order valence-corrected chi connectivity index (χ1v) is 39.4. The van der Waals surface area contributed by atoms with Crippen LogP contribution in [0.15, 0.2) is 171 Å². The molecule has 0 radical (unpaired) electrons. The lowest BCUT2D eigenvalue weighted by molar-refractivity contribution is -0.135. The number of ether oxygens (including phenoxy) is 1. The van der Waals surface area contributed by atoms with Crippen molar-refractivity contribution < 1.29 is 69.3 Å². The molecular formula is C86H86F8N20O7. The predicted octanol–water partition coefficient (Wildman–Crippen LogP) is 11.6. The van der Waals surface area contributed by atoms with Crippen molar-refractivity contribution in [2.24, 2.45) is 0 Å². The van der Waals surface area contributed by atoms with Crippen LogP contribution in [-0.4, -0.2) is 195 Å². The van der Waals surface area contributed by atoms with E-state index in [-0.39, 0.29) is 60.9 Å². The fourth-order valence-corrected chi connectivity index (χ4v) is 15.3. The normalized spacial score (nSPS) is 17.4. The maximum Gasteiger partial charge on any atom is 0.246 e. The van der Waals surface area contributed by atoms with Gasteiger partial charge in [0, 0.05) is 167 Å². The molecule has 4 aromatic carbocycles. The number of carbonyl (C=O) groups is 4. The van der Waals surface area contributed by atoms with E-state index >= 15 is 0 Å². The number of fused-ring (bicyclic) bond motifs is 4. The Hall–Kier alpha value is -13.3. The SMILES string of the molecule is CN(C)C(=O)/C=C/c1cnn2ccc(N3CCCC3c3cc(F)ccc3F)nc12.COCCNC(=O)/C=C/c1cnn2ccc(N3CCCC3c3cc(F)ccc3F)nc12.O=C(/C=C/c1cnn2ccc(N3CCCC3c3cc(F)ccc3F)nc12)N1CC(O)C1.O=C(/C=C/c1cnn2ccc(N3CCC[C@@H]3c3cc(F)ccc3F)nc12)NCCO. The Kier molecular flexibility index (Phi) is 26.6. The molecule has 5 aliphatic heterocycles. The summed E-state index contributed by atoms with van der Waals surface area (Å²) in [4.78, 5) is 77.3. The van der Waals surface area contributed by atoms with Crippen molar-refractivity contribution in [1.29, 1.82) is 0 Å². The number of hydrogen-bond donors (Lipinski definition) is 4. The number of benzene rings is 4. The zero-order valence-electron chi connectivity index (χ0n) is 66.1.